The summed E-state index contributed by atoms with van der Waals surface area (Å²) in [6.45, 7) is 4.78. The molecule has 0 radical (unpaired) electrons. The molecule has 0 fully saturated rings. The van der Waals surface area contributed by atoms with E-state index in [1.807, 2.05) is 0 Å². The third kappa shape index (κ3) is 5.89. The Morgan fingerprint density at radius 3 is 2.46 bits per heavy atom. The number of ether oxygens (including phenoxy) is 2. The van der Waals surface area contributed by atoms with Gasteiger partial charge in [-0.15, -0.1) is 0 Å². The minimum atomic E-state index is -0.308. The van der Waals surface area contributed by atoms with Crippen molar-refractivity contribution in [1.82, 2.24) is 5.32 Å². The molecule has 2 aromatic rings. The van der Waals surface area contributed by atoms with Gasteiger partial charge >= 0.3 is 0 Å². The standard InChI is InChI=1S/C19H21ClN2O3S/c1-12(2)11-25-15-7-4-13(5-8-15)18(23)22-19(26)21-14-6-9-17(24-3)16(20)10-14/h4-10,12H,11H2,1-3H3,(H2,21,22,23,26). The number of nitrogens with one attached hydrogen (secondary N) is 2. The highest BCUT2D eigenvalue weighted by atomic mass is 35.5. The van der Waals surface area contributed by atoms with Gasteiger partial charge in [-0.25, -0.2) is 0 Å². The Hall–Kier alpha value is -2.31. The number of rotatable bonds is 6. The first kappa shape index (κ1) is 20.0. The van der Waals surface area contributed by atoms with E-state index in [0.29, 0.717) is 34.5 Å². The lowest BCUT2D eigenvalue weighted by molar-refractivity contribution is 0.0977. The van der Waals surface area contributed by atoms with Crippen LogP contribution in [0.5, 0.6) is 11.5 Å². The van der Waals surface area contributed by atoms with Crippen LogP contribution >= 0.6 is 23.8 Å². The quantitative estimate of drug-likeness (QED) is 0.708. The molecular formula is C19H21ClN2O3S. The zero-order valence-electron chi connectivity index (χ0n) is 14.8. The van der Waals surface area contributed by atoms with Crippen LogP contribution in [-0.2, 0) is 0 Å². The number of methoxy groups -OCH3 is 1. The molecule has 5 nitrogen and oxygen atoms in total. The highest BCUT2D eigenvalue weighted by Crippen LogP contribution is 2.27. The summed E-state index contributed by atoms with van der Waals surface area (Å²) in [6.07, 6.45) is 0. The second-order valence-electron chi connectivity index (χ2n) is 5.99. The molecule has 0 saturated carbocycles. The number of anilines is 1. The Morgan fingerprint density at radius 1 is 1.19 bits per heavy atom. The predicted molar refractivity (Wildman–Crippen MR) is 108 cm³/mol. The van der Waals surface area contributed by atoms with E-state index in [-0.39, 0.29) is 11.0 Å². The van der Waals surface area contributed by atoms with Crippen molar-refractivity contribution in [3.8, 4) is 11.5 Å². The molecule has 0 spiro atoms. The summed E-state index contributed by atoms with van der Waals surface area (Å²) in [4.78, 5) is 12.3. The molecule has 138 valence electrons. The van der Waals surface area contributed by atoms with Crippen molar-refractivity contribution in [2.45, 2.75) is 13.8 Å². The number of amides is 1. The Morgan fingerprint density at radius 2 is 1.88 bits per heavy atom. The molecule has 0 aromatic heterocycles. The van der Waals surface area contributed by atoms with E-state index < -0.39 is 0 Å². The monoisotopic (exact) mass is 392 g/mol. The first-order chi connectivity index (χ1) is 12.4. The maximum Gasteiger partial charge on any atom is 0.257 e. The van der Waals surface area contributed by atoms with Crippen molar-refractivity contribution in [3.05, 3.63) is 53.1 Å². The number of thiocarbonyl (C=S) groups is 1. The maximum atomic E-state index is 12.3. The van der Waals surface area contributed by atoms with Gasteiger partial charge in [0.2, 0.25) is 0 Å². The van der Waals surface area contributed by atoms with Crippen LogP contribution < -0.4 is 20.1 Å². The lowest BCUT2D eigenvalue weighted by Crippen LogP contribution is -2.34. The molecule has 0 saturated heterocycles. The highest BCUT2D eigenvalue weighted by Gasteiger charge is 2.09. The van der Waals surface area contributed by atoms with Crippen LogP contribution in [0.4, 0.5) is 5.69 Å². The van der Waals surface area contributed by atoms with Crippen molar-refractivity contribution in [2.75, 3.05) is 19.0 Å². The summed E-state index contributed by atoms with van der Waals surface area (Å²) >= 11 is 11.2. The van der Waals surface area contributed by atoms with Crippen LogP contribution in [0.15, 0.2) is 42.5 Å². The molecule has 2 N–H and O–H groups in total. The molecule has 0 aliphatic carbocycles. The minimum absolute atomic E-state index is 0.177. The fraction of sp³-hybridized carbons (Fsp3) is 0.263. The Balaban J connectivity index is 1.92. The van der Waals surface area contributed by atoms with Crippen molar-refractivity contribution in [1.29, 1.82) is 0 Å². The molecule has 2 aromatic carbocycles. The molecular weight excluding hydrogens is 372 g/mol. The van der Waals surface area contributed by atoms with Crippen molar-refractivity contribution in [3.63, 3.8) is 0 Å². The van der Waals surface area contributed by atoms with Gasteiger partial charge in [-0.1, -0.05) is 25.4 Å². The van der Waals surface area contributed by atoms with Crippen molar-refractivity contribution in [2.24, 2.45) is 5.92 Å². The average Bonchev–Trinajstić information content (AvgIpc) is 2.60. The number of hydrogen-bond acceptors (Lipinski definition) is 4. The van der Waals surface area contributed by atoms with Gasteiger partial charge in [-0.3, -0.25) is 10.1 Å². The zero-order valence-corrected chi connectivity index (χ0v) is 16.4. The van der Waals surface area contributed by atoms with Crippen LogP contribution in [-0.4, -0.2) is 24.7 Å². The molecule has 0 heterocycles. The SMILES string of the molecule is COc1ccc(NC(=S)NC(=O)c2ccc(OCC(C)C)cc2)cc1Cl. The third-order valence-corrected chi connectivity index (χ3v) is 3.84. The van der Waals surface area contributed by atoms with Gasteiger partial charge in [-0.05, 0) is 60.6 Å². The molecule has 0 bridgehead atoms. The zero-order chi connectivity index (χ0) is 19.1. The minimum Gasteiger partial charge on any atom is -0.495 e. The second kappa shape index (κ2) is 9.40. The van der Waals surface area contributed by atoms with E-state index in [1.165, 1.54) is 0 Å². The van der Waals surface area contributed by atoms with E-state index in [2.05, 4.69) is 24.5 Å². The predicted octanol–water partition coefficient (Wildman–Crippen LogP) is 4.51. The van der Waals surface area contributed by atoms with Crippen LogP contribution in [0.1, 0.15) is 24.2 Å². The molecule has 0 atom stereocenters. The normalized spacial score (nSPS) is 10.3. The average molecular weight is 393 g/mol. The van der Waals surface area contributed by atoms with Crippen molar-refractivity contribution >= 4 is 40.5 Å². The second-order valence-corrected chi connectivity index (χ2v) is 6.80. The van der Waals surface area contributed by atoms with Gasteiger partial charge in [0.15, 0.2) is 5.11 Å². The third-order valence-electron chi connectivity index (χ3n) is 3.34. The molecule has 0 aliphatic heterocycles. The van der Waals surface area contributed by atoms with Gasteiger partial charge in [0.1, 0.15) is 11.5 Å². The van der Waals surface area contributed by atoms with Crippen LogP contribution in [0.3, 0.4) is 0 Å². The Bertz CT molecular complexity index is 779. The lowest BCUT2D eigenvalue weighted by atomic mass is 10.2. The Labute approximate surface area is 163 Å². The molecule has 2 rings (SSSR count). The van der Waals surface area contributed by atoms with Gasteiger partial charge in [0, 0.05) is 11.3 Å². The number of carbonyl (C=O) groups excluding carboxylic acids is 1. The molecule has 7 heteroatoms. The van der Waals surface area contributed by atoms with Crippen molar-refractivity contribution < 1.29 is 14.3 Å². The Kier molecular flexibility index (Phi) is 7.24. The molecule has 0 unspecified atom stereocenters. The number of benzene rings is 2. The van der Waals surface area contributed by atoms with Crippen LogP contribution in [0.25, 0.3) is 0 Å². The van der Waals surface area contributed by atoms with Crippen LogP contribution in [0.2, 0.25) is 5.02 Å². The maximum absolute atomic E-state index is 12.3. The van der Waals surface area contributed by atoms with E-state index in [1.54, 1.807) is 49.6 Å². The topological polar surface area (TPSA) is 59.6 Å². The lowest BCUT2D eigenvalue weighted by Gasteiger charge is -2.12. The molecule has 26 heavy (non-hydrogen) atoms. The number of carbonyl (C=O) groups is 1. The van der Waals surface area contributed by atoms with E-state index >= 15 is 0 Å². The molecule has 0 aliphatic rings. The van der Waals surface area contributed by atoms with Gasteiger partial charge in [-0.2, -0.15) is 0 Å². The largest absolute Gasteiger partial charge is 0.495 e. The smallest absolute Gasteiger partial charge is 0.257 e. The van der Waals surface area contributed by atoms with Crippen LogP contribution in [0, 0.1) is 5.92 Å². The summed E-state index contributed by atoms with van der Waals surface area (Å²) in [7, 11) is 1.54. The summed E-state index contributed by atoms with van der Waals surface area (Å²) in [5.74, 6) is 1.42. The number of halogens is 1. The first-order valence-corrected chi connectivity index (χ1v) is 8.86. The number of hydrogen-bond donors (Lipinski definition) is 2. The van der Waals surface area contributed by atoms with E-state index in [4.69, 9.17) is 33.3 Å². The molecule has 1 amide bonds. The van der Waals surface area contributed by atoms with E-state index in [0.717, 1.165) is 5.75 Å². The highest BCUT2D eigenvalue weighted by molar-refractivity contribution is 7.80. The van der Waals surface area contributed by atoms with E-state index in [9.17, 15) is 4.79 Å². The summed E-state index contributed by atoms with van der Waals surface area (Å²) in [5.41, 5.74) is 1.14. The van der Waals surface area contributed by atoms with Gasteiger partial charge in [0.05, 0.1) is 18.7 Å². The fourth-order valence-corrected chi connectivity index (χ4v) is 2.52. The summed E-state index contributed by atoms with van der Waals surface area (Å²) in [6, 6.07) is 12.0. The first-order valence-electron chi connectivity index (χ1n) is 8.07. The van der Waals surface area contributed by atoms with Gasteiger partial charge < -0.3 is 14.8 Å². The summed E-state index contributed by atoms with van der Waals surface area (Å²) in [5, 5.41) is 6.17. The fourth-order valence-electron chi connectivity index (χ4n) is 2.05. The summed E-state index contributed by atoms with van der Waals surface area (Å²) < 4.78 is 10.7. The van der Waals surface area contributed by atoms with Gasteiger partial charge in [0.25, 0.3) is 5.91 Å².